The standard InChI is InChI=1S/C13H17NO3/c1-8(15)12-4-5-13(17-12)14-9-2-3-10(14)7-11(16)6-9/h4-5,9-11,16H,2-3,6-7H2,1H3. The van der Waals surface area contributed by atoms with Gasteiger partial charge in [0, 0.05) is 25.1 Å². The van der Waals surface area contributed by atoms with Gasteiger partial charge in [-0.2, -0.15) is 0 Å². The van der Waals surface area contributed by atoms with Crippen LogP contribution in [-0.4, -0.2) is 29.1 Å². The zero-order valence-electron chi connectivity index (χ0n) is 9.93. The minimum absolute atomic E-state index is 0.0411. The molecule has 3 rings (SSSR count). The third-order valence-electron chi connectivity index (χ3n) is 3.90. The van der Waals surface area contributed by atoms with Crippen molar-refractivity contribution in [3.05, 3.63) is 17.9 Å². The molecule has 0 aromatic carbocycles. The maximum absolute atomic E-state index is 11.2. The number of carbonyl (C=O) groups is 1. The Morgan fingerprint density at radius 3 is 2.53 bits per heavy atom. The average molecular weight is 235 g/mol. The van der Waals surface area contributed by atoms with Crippen LogP contribution in [0.1, 0.15) is 43.2 Å². The van der Waals surface area contributed by atoms with E-state index in [0.717, 1.165) is 31.6 Å². The zero-order valence-corrected chi connectivity index (χ0v) is 9.93. The van der Waals surface area contributed by atoms with Crippen LogP contribution in [0.5, 0.6) is 0 Å². The molecule has 2 aliphatic rings. The molecule has 17 heavy (non-hydrogen) atoms. The molecule has 2 unspecified atom stereocenters. The second kappa shape index (κ2) is 3.88. The number of Topliss-reactive ketones (excluding diaryl/α,β-unsaturated/α-hetero) is 1. The van der Waals surface area contributed by atoms with E-state index in [1.807, 2.05) is 6.07 Å². The predicted octanol–water partition coefficient (Wildman–Crippen LogP) is 1.97. The van der Waals surface area contributed by atoms with Gasteiger partial charge in [-0.15, -0.1) is 0 Å². The van der Waals surface area contributed by atoms with Gasteiger partial charge >= 0.3 is 0 Å². The van der Waals surface area contributed by atoms with Crippen LogP contribution >= 0.6 is 0 Å². The minimum Gasteiger partial charge on any atom is -0.437 e. The lowest BCUT2D eigenvalue weighted by atomic mass is 10.0. The van der Waals surface area contributed by atoms with Gasteiger partial charge in [-0.25, -0.2) is 0 Å². The first-order valence-electron chi connectivity index (χ1n) is 6.22. The Morgan fingerprint density at radius 2 is 2.00 bits per heavy atom. The molecule has 1 aromatic rings. The van der Waals surface area contributed by atoms with Gasteiger partial charge in [-0.1, -0.05) is 0 Å². The van der Waals surface area contributed by atoms with Crippen molar-refractivity contribution in [1.29, 1.82) is 0 Å². The lowest BCUT2D eigenvalue weighted by Crippen LogP contribution is -2.44. The molecule has 3 heterocycles. The van der Waals surface area contributed by atoms with Gasteiger partial charge in [0.2, 0.25) is 0 Å². The number of aliphatic hydroxyl groups excluding tert-OH is 1. The fraction of sp³-hybridized carbons (Fsp3) is 0.615. The predicted molar refractivity (Wildman–Crippen MR) is 63.2 cm³/mol. The summed E-state index contributed by atoms with van der Waals surface area (Å²) < 4.78 is 5.60. The molecule has 2 fully saturated rings. The average Bonchev–Trinajstić information content (AvgIpc) is 2.82. The van der Waals surface area contributed by atoms with Crippen LogP contribution in [0.3, 0.4) is 0 Å². The van der Waals surface area contributed by atoms with Crippen molar-refractivity contribution in [3.8, 4) is 0 Å². The van der Waals surface area contributed by atoms with E-state index in [2.05, 4.69) is 4.90 Å². The highest BCUT2D eigenvalue weighted by molar-refractivity contribution is 5.91. The summed E-state index contributed by atoms with van der Waals surface area (Å²) in [6.45, 7) is 1.51. The van der Waals surface area contributed by atoms with Crippen LogP contribution in [0.4, 0.5) is 5.88 Å². The highest BCUT2D eigenvalue weighted by Crippen LogP contribution is 2.39. The first-order valence-corrected chi connectivity index (χ1v) is 6.22. The monoisotopic (exact) mass is 235 g/mol. The normalized spacial score (nSPS) is 31.9. The number of fused-ring (bicyclic) bond motifs is 2. The Kier molecular flexibility index (Phi) is 2.47. The van der Waals surface area contributed by atoms with Gasteiger partial charge in [-0.05, 0) is 31.7 Å². The van der Waals surface area contributed by atoms with E-state index in [1.165, 1.54) is 6.92 Å². The SMILES string of the molecule is CC(=O)c1ccc(N2C3CCC2CC(O)C3)o1. The van der Waals surface area contributed by atoms with Crippen molar-refractivity contribution in [2.75, 3.05) is 4.90 Å². The Morgan fingerprint density at radius 1 is 1.35 bits per heavy atom. The molecule has 0 aliphatic carbocycles. The molecule has 4 heteroatoms. The third kappa shape index (κ3) is 1.76. The molecular formula is C13H17NO3. The van der Waals surface area contributed by atoms with Crippen LogP contribution in [0, 0.1) is 0 Å². The van der Waals surface area contributed by atoms with Gasteiger partial charge in [0.05, 0.1) is 6.10 Å². The van der Waals surface area contributed by atoms with Crippen molar-refractivity contribution in [2.45, 2.75) is 50.8 Å². The van der Waals surface area contributed by atoms with Crippen LogP contribution < -0.4 is 4.90 Å². The van der Waals surface area contributed by atoms with E-state index in [-0.39, 0.29) is 11.9 Å². The number of aliphatic hydroxyl groups is 1. The number of hydrogen-bond donors (Lipinski definition) is 1. The molecule has 2 aliphatic heterocycles. The van der Waals surface area contributed by atoms with E-state index >= 15 is 0 Å². The van der Waals surface area contributed by atoms with Crippen molar-refractivity contribution in [2.24, 2.45) is 0 Å². The fourth-order valence-corrected chi connectivity index (χ4v) is 3.16. The number of ketones is 1. The molecule has 0 saturated carbocycles. The quantitative estimate of drug-likeness (QED) is 0.796. The van der Waals surface area contributed by atoms with E-state index in [4.69, 9.17) is 4.42 Å². The summed E-state index contributed by atoms with van der Waals surface area (Å²) in [6, 6.07) is 4.35. The molecule has 2 bridgehead atoms. The molecule has 92 valence electrons. The molecule has 2 atom stereocenters. The maximum atomic E-state index is 11.2. The first kappa shape index (κ1) is 10.8. The summed E-state index contributed by atoms with van der Waals surface area (Å²) in [6.07, 6.45) is 3.67. The molecule has 0 spiro atoms. The Labute approximate surface area is 100 Å². The van der Waals surface area contributed by atoms with Crippen molar-refractivity contribution in [3.63, 3.8) is 0 Å². The number of rotatable bonds is 2. The number of hydrogen-bond acceptors (Lipinski definition) is 4. The molecule has 4 nitrogen and oxygen atoms in total. The summed E-state index contributed by atoms with van der Waals surface area (Å²) in [5, 5.41) is 9.74. The summed E-state index contributed by atoms with van der Waals surface area (Å²) in [4.78, 5) is 13.5. The van der Waals surface area contributed by atoms with Gasteiger partial charge < -0.3 is 14.4 Å². The summed E-state index contributed by atoms with van der Waals surface area (Å²) in [5.41, 5.74) is 0. The van der Waals surface area contributed by atoms with Crippen LogP contribution in [-0.2, 0) is 0 Å². The first-order chi connectivity index (χ1) is 8.15. The number of nitrogens with zero attached hydrogens (tertiary/aromatic N) is 1. The third-order valence-corrected chi connectivity index (χ3v) is 3.90. The number of piperidine rings is 1. The molecular weight excluding hydrogens is 218 g/mol. The zero-order chi connectivity index (χ0) is 12.0. The Hall–Kier alpha value is -1.29. The highest BCUT2D eigenvalue weighted by Gasteiger charge is 2.41. The molecule has 1 aromatic heterocycles. The number of anilines is 1. The maximum Gasteiger partial charge on any atom is 0.196 e. The van der Waals surface area contributed by atoms with Crippen molar-refractivity contribution in [1.82, 2.24) is 0 Å². The Bertz CT molecular complexity index is 426. The van der Waals surface area contributed by atoms with E-state index in [0.29, 0.717) is 17.8 Å². The van der Waals surface area contributed by atoms with Crippen LogP contribution in [0.25, 0.3) is 0 Å². The highest BCUT2D eigenvalue weighted by atomic mass is 16.4. The molecule has 0 amide bonds. The van der Waals surface area contributed by atoms with Crippen LogP contribution in [0.2, 0.25) is 0 Å². The van der Waals surface area contributed by atoms with Gasteiger partial charge in [-0.3, -0.25) is 4.79 Å². The van der Waals surface area contributed by atoms with E-state index < -0.39 is 0 Å². The van der Waals surface area contributed by atoms with Crippen LogP contribution in [0.15, 0.2) is 16.5 Å². The summed E-state index contributed by atoms with van der Waals surface area (Å²) in [7, 11) is 0. The smallest absolute Gasteiger partial charge is 0.196 e. The minimum atomic E-state index is -0.175. The fourth-order valence-electron chi connectivity index (χ4n) is 3.16. The van der Waals surface area contributed by atoms with E-state index in [9.17, 15) is 9.90 Å². The topological polar surface area (TPSA) is 53.7 Å². The van der Waals surface area contributed by atoms with Crippen molar-refractivity contribution >= 4 is 11.7 Å². The summed E-state index contributed by atoms with van der Waals surface area (Å²) >= 11 is 0. The number of furan rings is 1. The van der Waals surface area contributed by atoms with Crippen molar-refractivity contribution < 1.29 is 14.3 Å². The molecule has 0 radical (unpaired) electrons. The molecule has 1 N–H and O–H groups in total. The van der Waals surface area contributed by atoms with Gasteiger partial charge in [0.15, 0.2) is 17.4 Å². The second-order valence-corrected chi connectivity index (χ2v) is 5.11. The van der Waals surface area contributed by atoms with Gasteiger partial charge in [0.1, 0.15) is 0 Å². The molecule has 2 saturated heterocycles. The second-order valence-electron chi connectivity index (χ2n) is 5.11. The summed E-state index contributed by atoms with van der Waals surface area (Å²) in [5.74, 6) is 1.17. The number of carbonyl (C=O) groups excluding carboxylic acids is 1. The van der Waals surface area contributed by atoms with E-state index in [1.54, 1.807) is 6.07 Å². The van der Waals surface area contributed by atoms with Gasteiger partial charge in [0.25, 0.3) is 0 Å². The Balaban J connectivity index is 1.86. The lowest BCUT2D eigenvalue weighted by Gasteiger charge is -2.36. The largest absolute Gasteiger partial charge is 0.437 e. The lowest BCUT2D eigenvalue weighted by molar-refractivity contribution is 0.0984.